The Morgan fingerprint density at radius 1 is 1.04 bits per heavy atom. The van der Waals surface area contributed by atoms with Crippen LogP contribution in [0.5, 0.6) is 0 Å². The van der Waals surface area contributed by atoms with E-state index in [9.17, 15) is 4.79 Å². The van der Waals surface area contributed by atoms with Crippen molar-refractivity contribution in [2.75, 3.05) is 5.32 Å². The summed E-state index contributed by atoms with van der Waals surface area (Å²) in [5.74, 6) is 0. The van der Waals surface area contributed by atoms with E-state index in [1.165, 1.54) is 47.0 Å². The highest BCUT2D eigenvalue weighted by Gasteiger charge is 2.24. The van der Waals surface area contributed by atoms with Gasteiger partial charge in [0.05, 0.1) is 5.69 Å². The lowest BCUT2D eigenvalue weighted by molar-refractivity contribution is 0.257. The Kier molecular flexibility index (Phi) is 4.14. The quantitative estimate of drug-likeness (QED) is 0.838. The molecule has 0 unspecified atom stereocenters. The van der Waals surface area contributed by atoms with Crippen LogP contribution in [0, 0.1) is 6.92 Å². The number of hydrogen-bond donors (Lipinski definition) is 2. The number of hydrogen-bond acceptors (Lipinski definition) is 4. The largest absolute Gasteiger partial charge is 0.329 e. The van der Waals surface area contributed by atoms with E-state index in [1.54, 1.807) is 0 Å². The number of carbonyl (C=O) groups excluding carboxylic acids is 1. The van der Waals surface area contributed by atoms with Crippen molar-refractivity contribution in [3.63, 3.8) is 0 Å². The van der Waals surface area contributed by atoms with Crippen LogP contribution in [0.3, 0.4) is 0 Å². The minimum Gasteiger partial charge on any atom is -0.307 e. The first-order valence-corrected chi connectivity index (χ1v) is 9.23. The molecular formula is C18H20N4OS. The number of nitrogens with zero attached hydrogens (tertiary/aromatic N) is 2. The average Bonchev–Trinajstić information content (AvgIpc) is 3.23. The molecule has 4 rings (SSSR count). The summed E-state index contributed by atoms with van der Waals surface area (Å²) in [5, 5.41) is 11.8. The summed E-state index contributed by atoms with van der Waals surface area (Å²) in [5.41, 5.74) is 7.44. The Hall–Kier alpha value is -2.08. The van der Waals surface area contributed by atoms with Gasteiger partial charge < -0.3 is 5.32 Å². The fourth-order valence-corrected chi connectivity index (χ4v) is 4.11. The summed E-state index contributed by atoms with van der Waals surface area (Å²) >= 11 is 1.19. The molecule has 0 bridgehead atoms. The number of aryl methyl sites for hydroxylation is 3. The van der Waals surface area contributed by atoms with Gasteiger partial charge in [0.2, 0.25) is 0 Å². The molecule has 24 heavy (non-hydrogen) atoms. The van der Waals surface area contributed by atoms with Crippen LogP contribution in [0.1, 0.15) is 40.8 Å². The van der Waals surface area contributed by atoms with Gasteiger partial charge in [-0.05, 0) is 79.8 Å². The minimum absolute atomic E-state index is 0.197. The van der Waals surface area contributed by atoms with Crippen molar-refractivity contribution in [3.05, 3.63) is 46.1 Å². The number of carbonyl (C=O) groups is 1. The molecule has 0 saturated heterocycles. The van der Waals surface area contributed by atoms with Crippen molar-refractivity contribution in [3.8, 4) is 0 Å². The van der Waals surface area contributed by atoms with E-state index < -0.39 is 0 Å². The number of benzene rings is 1. The number of rotatable bonds is 3. The van der Waals surface area contributed by atoms with Crippen molar-refractivity contribution in [1.29, 1.82) is 0 Å². The molecule has 2 aromatic rings. The van der Waals surface area contributed by atoms with E-state index in [2.05, 4.69) is 26.3 Å². The Bertz CT molecular complexity index is 756. The average molecular weight is 340 g/mol. The lowest BCUT2D eigenvalue weighted by Gasteiger charge is -2.16. The molecule has 2 N–H and O–H groups in total. The molecular weight excluding hydrogens is 320 g/mol. The SMILES string of the molecule is Cc1ccc(SNC(=O)Nc2c3c(cc4c2CCC4)CCC3)nn1. The molecule has 1 aromatic heterocycles. The third-order valence-electron chi connectivity index (χ3n) is 4.73. The zero-order valence-corrected chi connectivity index (χ0v) is 14.5. The molecule has 0 radical (unpaired) electrons. The normalized spacial score (nSPS) is 15.0. The van der Waals surface area contributed by atoms with Crippen LogP contribution < -0.4 is 10.0 Å². The van der Waals surface area contributed by atoms with Crippen LogP contribution in [0.2, 0.25) is 0 Å². The summed E-state index contributed by atoms with van der Waals surface area (Å²) < 4.78 is 2.81. The highest BCUT2D eigenvalue weighted by molar-refractivity contribution is 7.97. The molecule has 0 atom stereocenters. The smallest absolute Gasteiger partial charge is 0.307 e. The first kappa shape index (κ1) is 15.4. The van der Waals surface area contributed by atoms with Gasteiger partial charge in [-0.25, -0.2) is 4.79 Å². The van der Waals surface area contributed by atoms with Gasteiger partial charge in [-0.15, -0.1) is 5.10 Å². The summed E-state index contributed by atoms with van der Waals surface area (Å²) in [6.07, 6.45) is 6.76. The molecule has 2 amide bonds. The number of nitrogens with one attached hydrogen (secondary N) is 2. The predicted molar refractivity (Wildman–Crippen MR) is 95.3 cm³/mol. The summed E-state index contributed by atoms with van der Waals surface area (Å²) in [6, 6.07) is 5.90. The zero-order valence-electron chi connectivity index (χ0n) is 13.7. The van der Waals surface area contributed by atoms with Crippen LogP contribution in [0.15, 0.2) is 23.2 Å². The van der Waals surface area contributed by atoms with Gasteiger partial charge in [-0.1, -0.05) is 6.07 Å². The van der Waals surface area contributed by atoms with E-state index >= 15 is 0 Å². The first-order valence-electron chi connectivity index (χ1n) is 8.41. The number of anilines is 1. The van der Waals surface area contributed by atoms with Crippen LogP contribution in [0.4, 0.5) is 10.5 Å². The number of urea groups is 1. The van der Waals surface area contributed by atoms with Crippen molar-refractivity contribution in [1.82, 2.24) is 14.9 Å². The van der Waals surface area contributed by atoms with Gasteiger partial charge in [-0.3, -0.25) is 4.72 Å². The molecule has 124 valence electrons. The van der Waals surface area contributed by atoms with E-state index in [1.807, 2.05) is 19.1 Å². The minimum atomic E-state index is -0.197. The Morgan fingerprint density at radius 3 is 2.38 bits per heavy atom. The number of aromatic nitrogens is 2. The number of fused-ring (bicyclic) bond motifs is 2. The molecule has 2 aliphatic rings. The molecule has 0 saturated carbocycles. The van der Waals surface area contributed by atoms with Gasteiger partial charge in [-0.2, -0.15) is 5.10 Å². The number of amides is 2. The second-order valence-electron chi connectivity index (χ2n) is 6.41. The highest BCUT2D eigenvalue weighted by atomic mass is 32.2. The predicted octanol–water partition coefficient (Wildman–Crippen LogP) is 3.59. The van der Waals surface area contributed by atoms with Crippen molar-refractivity contribution in [2.45, 2.75) is 50.5 Å². The second-order valence-corrected chi connectivity index (χ2v) is 7.23. The van der Waals surface area contributed by atoms with Gasteiger partial charge in [0, 0.05) is 17.6 Å². The highest BCUT2D eigenvalue weighted by Crippen LogP contribution is 2.38. The molecule has 6 heteroatoms. The maximum atomic E-state index is 12.4. The Balaban J connectivity index is 1.49. The fourth-order valence-electron chi connectivity index (χ4n) is 3.65. The molecule has 0 aliphatic heterocycles. The summed E-state index contributed by atoms with van der Waals surface area (Å²) in [7, 11) is 0. The van der Waals surface area contributed by atoms with Crippen molar-refractivity contribution < 1.29 is 4.79 Å². The fraction of sp³-hybridized carbons (Fsp3) is 0.389. The van der Waals surface area contributed by atoms with Gasteiger partial charge in [0.1, 0.15) is 5.03 Å². The van der Waals surface area contributed by atoms with Gasteiger partial charge in [0.15, 0.2) is 0 Å². The van der Waals surface area contributed by atoms with Crippen LogP contribution >= 0.6 is 11.9 Å². The molecule has 2 aliphatic carbocycles. The topological polar surface area (TPSA) is 66.9 Å². The van der Waals surface area contributed by atoms with Gasteiger partial charge in [0.25, 0.3) is 0 Å². The molecule has 0 spiro atoms. The third-order valence-corrected chi connectivity index (χ3v) is 5.45. The van der Waals surface area contributed by atoms with E-state index in [0.29, 0.717) is 5.03 Å². The van der Waals surface area contributed by atoms with Crippen LogP contribution in [-0.4, -0.2) is 16.2 Å². The standard InChI is InChI=1S/C18H20N4OS/c1-11-8-9-16(21-20-11)24-22-18(23)19-17-14-6-2-4-12(14)10-13-5-3-7-15(13)17/h8-10H,2-7H2,1H3,(H2,19,22,23). The van der Waals surface area contributed by atoms with E-state index in [-0.39, 0.29) is 6.03 Å². The van der Waals surface area contributed by atoms with Crippen molar-refractivity contribution in [2.24, 2.45) is 0 Å². The lowest BCUT2D eigenvalue weighted by atomic mass is 9.99. The first-order chi connectivity index (χ1) is 11.7. The molecule has 1 aromatic carbocycles. The van der Waals surface area contributed by atoms with Crippen LogP contribution in [-0.2, 0) is 25.7 Å². The third kappa shape index (κ3) is 2.98. The molecule has 5 nitrogen and oxygen atoms in total. The van der Waals surface area contributed by atoms with E-state index in [0.717, 1.165) is 37.1 Å². The van der Waals surface area contributed by atoms with Crippen molar-refractivity contribution >= 4 is 23.7 Å². The van der Waals surface area contributed by atoms with E-state index in [4.69, 9.17) is 0 Å². The zero-order chi connectivity index (χ0) is 16.5. The Labute approximate surface area is 145 Å². The molecule has 0 fully saturated rings. The maximum Gasteiger partial charge on any atom is 0.329 e. The summed E-state index contributed by atoms with van der Waals surface area (Å²) in [6.45, 7) is 1.89. The van der Waals surface area contributed by atoms with Crippen LogP contribution in [0.25, 0.3) is 0 Å². The maximum absolute atomic E-state index is 12.4. The lowest BCUT2D eigenvalue weighted by Crippen LogP contribution is -2.24. The summed E-state index contributed by atoms with van der Waals surface area (Å²) in [4.78, 5) is 12.4. The monoisotopic (exact) mass is 340 g/mol. The Morgan fingerprint density at radius 2 is 1.75 bits per heavy atom. The molecule has 1 heterocycles. The van der Waals surface area contributed by atoms with Gasteiger partial charge >= 0.3 is 6.03 Å². The second kappa shape index (κ2) is 6.43.